The first-order valence-electron chi connectivity index (χ1n) is 7.96. The fraction of sp³-hybridized carbons (Fsp3) is 0.471. The smallest absolute Gasteiger partial charge is 0.326 e. The lowest BCUT2D eigenvalue weighted by atomic mass is 10.0. The molecule has 0 radical (unpaired) electrons. The Labute approximate surface area is 145 Å². The van der Waals surface area contributed by atoms with E-state index in [0.717, 1.165) is 12.8 Å². The van der Waals surface area contributed by atoms with E-state index < -0.39 is 17.9 Å². The molecule has 0 bridgehead atoms. The number of hydrogen-bond donors (Lipinski definition) is 2. The molecule has 1 aliphatic rings. The van der Waals surface area contributed by atoms with Crippen molar-refractivity contribution in [1.29, 1.82) is 0 Å². The second kappa shape index (κ2) is 7.87. The molecule has 1 fully saturated rings. The number of carboxylic acid groups (broad SMARTS) is 1. The minimum absolute atomic E-state index is 0.231. The summed E-state index contributed by atoms with van der Waals surface area (Å²) >= 11 is 0. The number of ether oxygens (including phenoxy) is 2. The SMILES string of the molecule is COc1cc(C(=O)N2CCCCC2C(=O)O)cc(NC(C)=O)c1OC. The molecule has 0 saturated carbocycles. The lowest BCUT2D eigenvalue weighted by Crippen LogP contribution is -2.48. The predicted octanol–water partition coefficient (Wildman–Crippen LogP) is 1.74. The summed E-state index contributed by atoms with van der Waals surface area (Å²) in [6.07, 6.45) is 1.94. The number of likely N-dealkylation sites (tertiary alicyclic amines) is 1. The molecule has 8 nitrogen and oxygen atoms in total. The maximum absolute atomic E-state index is 12.9. The van der Waals surface area contributed by atoms with E-state index in [9.17, 15) is 19.5 Å². The summed E-state index contributed by atoms with van der Waals surface area (Å²) in [5.41, 5.74) is 0.524. The molecule has 2 amide bonds. The largest absolute Gasteiger partial charge is 0.493 e. The van der Waals surface area contributed by atoms with E-state index in [2.05, 4.69) is 5.32 Å². The van der Waals surface area contributed by atoms with Gasteiger partial charge in [0.15, 0.2) is 11.5 Å². The number of carbonyl (C=O) groups excluding carboxylic acids is 2. The molecule has 1 saturated heterocycles. The number of aliphatic carboxylic acids is 1. The summed E-state index contributed by atoms with van der Waals surface area (Å²) in [4.78, 5) is 37.1. The van der Waals surface area contributed by atoms with Crippen LogP contribution in [0.2, 0.25) is 0 Å². The highest BCUT2D eigenvalue weighted by Gasteiger charge is 2.33. The van der Waals surface area contributed by atoms with Crippen molar-refractivity contribution in [3.8, 4) is 11.5 Å². The summed E-state index contributed by atoms with van der Waals surface area (Å²) in [5, 5.41) is 12.0. The van der Waals surface area contributed by atoms with Gasteiger partial charge in [0.05, 0.1) is 19.9 Å². The molecule has 1 atom stereocenters. The Morgan fingerprint density at radius 3 is 2.48 bits per heavy atom. The summed E-state index contributed by atoms with van der Waals surface area (Å²) in [6.45, 7) is 1.71. The van der Waals surface area contributed by atoms with Crippen LogP contribution in [0.5, 0.6) is 11.5 Å². The second-order valence-electron chi connectivity index (χ2n) is 5.79. The number of hydrogen-bond acceptors (Lipinski definition) is 5. The first-order chi connectivity index (χ1) is 11.9. The van der Waals surface area contributed by atoms with E-state index in [0.29, 0.717) is 24.4 Å². The quantitative estimate of drug-likeness (QED) is 0.838. The van der Waals surface area contributed by atoms with Gasteiger partial charge in [-0.2, -0.15) is 0 Å². The number of carbonyl (C=O) groups is 3. The fourth-order valence-electron chi connectivity index (χ4n) is 2.97. The molecule has 25 heavy (non-hydrogen) atoms. The molecule has 136 valence electrons. The van der Waals surface area contributed by atoms with Crippen LogP contribution in [-0.4, -0.2) is 54.6 Å². The standard InChI is InChI=1S/C17H22N2O6/c1-10(20)18-12-8-11(9-14(24-2)15(12)25-3)16(21)19-7-5-4-6-13(19)17(22)23/h8-9,13H,4-7H2,1-3H3,(H,18,20)(H,22,23). The van der Waals surface area contributed by atoms with Crippen LogP contribution in [0.3, 0.4) is 0 Å². The van der Waals surface area contributed by atoms with E-state index >= 15 is 0 Å². The monoisotopic (exact) mass is 350 g/mol. The summed E-state index contributed by atoms with van der Waals surface area (Å²) in [5.74, 6) is -1.19. The highest BCUT2D eigenvalue weighted by Crippen LogP contribution is 2.37. The Morgan fingerprint density at radius 2 is 1.92 bits per heavy atom. The third-order valence-corrected chi connectivity index (χ3v) is 4.09. The number of rotatable bonds is 5. The van der Waals surface area contributed by atoms with Crippen LogP contribution in [0, 0.1) is 0 Å². The molecule has 1 aromatic carbocycles. The number of methoxy groups -OCH3 is 2. The van der Waals surface area contributed by atoms with Gasteiger partial charge in [0.2, 0.25) is 5.91 Å². The molecule has 2 N–H and O–H groups in total. The minimum atomic E-state index is -1.02. The number of benzene rings is 1. The number of amides is 2. The van der Waals surface area contributed by atoms with Crippen LogP contribution in [0.4, 0.5) is 5.69 Å². The van der Waals surface area contributed by atoms with Crippen LogP contribution >= 0.6 is 0 Å². The molecular weight excluding hydrogens is 328 g/mol. The zero-order chi connectivity index (χ0) is 18.6. The summed E-state index contributed by atoms with van der Waals surface area (Å²) in [7, 11) is 2.85. The Bertz CT molecular complexity index is 688. The Morgan fingerprint density at radius 1 is 1.20 bits per heavy atom. The number of piperidine rings is 1. The second-order valence-corrected chi connectivity index (χ2v) is 5.79. The van der Waals surface area contributed by atoms with Gasteiger partial charge in [-0.3, -0.25) is 9.59 Å². The van der Waals surface area contributed by atoms with Crippen LogP contribution in [0.25, 0.3) is 0 Å². The zero-order valence-corrected chi connectivity index (χ0v) is 14.5. The molecule has 0 spiro atoms. The van der Waals surface area contributed by atoms with Crippen LogP contribution in [0.1, 0.15) is 36.5 Å². The van der Waals surface area contributed by atoms with Crippen LogP contribution in [0.15, 0.2) is 12.1 Å². The molecule has 1 unspecified atom stereocenters. The lowest BCUT2D eigenvalue weighted by Gasteiger charge is -2.33. The van der Waals surface area contributed by atoms with Crippen molar-refractivity contribution in [2.45, 2.75) is 32.2 Å². The van der Waals surface area contributed by atoms with E-state index in [4.69, 9.17) is 9.47 Å². The van der Waals surface area contributed by atoms with Crippen molar-refractivity contribution in [2.24, 2.45) is 0 Å². The van der Waals surface area contributed by atoms with Gasteiger partial charge in [0, 0.05) is 19.0 Å². The highest BCUT2D eigenvalue weighted by molar-refractivity contribution is 6.00. The van der Waals surface area contributed by atoms with Crippen LogP contribution in [-0.2, 0) is 9.59 Å². The van der Waals surface area contributed by atoms with Gasteiger partial charge in [-0.05, 0) is 31.4 Å². The van der Waals surface area contributed by atoms with E-state index in [1.165, 1.54) is 38.2 Å². The number of nitrogens with one attached hydrogen (secondary N) is 1. The van der Waals surface area contributed by atoms with Gasteiger partial charge < -0.3 is 24.8 Å². The van der Waals surface area contributed by atoms with Gasteiger partial charge in [-0.1, -0.05) is 0 Å². The van der Waals surface area contributed by atoms with Crippen LogP contribution < -0.4 is 14.8 Å². The van der Waals surface area contributed by atoms with Crippen molar-refractivity contribution in [2.75, 3.05) is 26.1 Å². The Balaban J connectivity index is 2.44. The van der Waals surface area contributed by atoms with Crippen molar-refractivity contribution in [3.63, 3.8) is 0 Å². The van der Waals surface area contributed by atoms with Gasteiger partial charge in [-0.25, -0.2) is 4.79 Å². The molecule has 0 aromatic heterocycles. The average Bonchev–Trinajstić information content (AvgIpc) is 2.59. The first-order valence-corrected chi connectivity index (χ1v) is 7.96. The Hall–Kier alpha value is -2.77. The van der Waals surface area contributed by atoms with E-state index in [1.807, 2.05) is 0 Å². The summed E-state index contributed by atoms with van der Waals surface area (Å²) < 4.78 is 10.5. The summed E-state index contributed by atoms with van der Waals surface area (Å²) in [6, 6.07) is 2.11. The molecule has 2 rings (SSSR count). The molecule has 0 aliphatic carbocycles. The lowest BCUT2D eigenvalue weighted by molar-refractivity contribution is -0.143. The van der Waals surface area contributed by atoms with Crippen molar-refractivity contribution in [3.05, 3.63) is 17.7 Å². The van der Waals surface area contributed by atoms with Gasteiger partial charge >= 0.3 is 5.97 Å². The third-order valence-electron chi connectivity index (χ3n) is 4.09. The molecule has 1 aliphatic heterocycles. The fourth-order valence-corrected chi connectivity index (χ4v) is 2.97. The number of nitrogens with zero attached hydrogens (tertiary/aromatic N) is 1. The maximum Gasteiger partial charge on any atom is 0.326 e. The minimum Gasteiger partial charge on any atom is -0.493 e. The van der Waals surface area contributed by atoms with E-state index in [1.54, 1.807) is 0 Å². The van der Waals surface area contributed by atoms with Gasteiger partial charge in [-0.15, -0.1) is 0 Å². The molecule has 8 heteroatoms. The van der Waals surface area contributed by atoms with Crippen molar-refractivity contribution < 1.29 is 29.0 Å². The molecule has 1 aromatic rings. The van der Waals surface area contributed by atoms with E-state index in [-0.39, 0.29) is 17.2 Å². The molecule has 1 heterocycles. The third kappa shape index (κ3) is 4.01. The van der Waals surface area contributed by atoms with Gasteiger partial charge in [0.1, 0.15) is 6.04 Å². The number of carboxylic acids is 1. The predicted molar refractivity (Wildman–Crippen MR) is 90.2 cm³/mol. The average molecular weight is 350 g/mol. The highest BCUT2D eigenvalue weighted by atomic mass is 16.5. The van der Waals surface area contributed by atoms with Crippen molar-refractivity contribution >= 4 is 23.5 Å². The number of anilines is 1. The first kappa shape index (κ1) is 18.6. The Kier molecular flexibility index (Phi) is 5.84. The topological polar surface area (TPSA) is 105 Å². The van der Waals surface area contributed by atoms with Crippen molar-refractivity contribution in [1.82, 2.24) is 4.90 Å². The zero-order valence-electron chi connectivity index (χ0n) is 14.5. The maximum atomic E-state index is 12.9. The normalized spacial score (nSPS) is 16.9. The van der Waals surface area contributed by atoms with Gasteiger partial charge in [0.25, 0.3) is 5.91 Å². The molecular formula is C17H22N2O6.